The molecule has 5 heteroatoms. The lowest BCUT2D eigenvalue weighted by Gasteiger charge is -2.15. The van der Waals surface area contributed by atoms with Gasteiger partial charge in [0.15, 0.2) is 0 Å². The summed E-state index contributed by atoms with van der Waals surface area (Å²) in [6.07, 6.45) is 2.30. The number of pyridine rings is 1. The molecule has 1 atom stereocenters. The minimum absolute atomic E-state index is 0.128. The molecule has 21 heavy (non-hydrogen) atoms. The van der Waals surface area contributed by atoms with Crippen LogP contribution in [0.1, 0.15) is 23.0 Å². The Hall–Kier alpha value is -2.43. The van der Waals surface area contributed by atoms with Crippen molar-refractivity contribution in [1.29, 1.82) is 0 Å². The van der Waals surface area contributed by atoms with Crippen LogP contribution in [0.15, 0.2) is 42.6 Å². The van der Waals surface area contributed by atoms with Gasteiger partial charge in [0, 0.05) is 17.9 Å². The molecule has 0 fully saturated rings. The number of hydrogen-bond donors (Lipinski definition) is 1. The van der Waals surface area contributed by atoms with E-state index in [4.69, 9.17) is 0 Å². The van der Waals surface area contributed by atoms with Crippen LogP contribution in [0, 0.1) is 5.82 Å². The number of aromatic nitrogens is 1. The van der Waals surface area contributed by atoms with Gasteiger partial charge in [-0.1, -0.05) is 12.1 Å². The molecule has 0 aliphatic heterocycles. The maximum absolute atomic E-state index is 12.9. The number of rotatable bonds is 5. The summed E-state index contributed by atoms with van der Waals surface area (Å²) in [7, 11) is 1.32. The molecule has 4 nitrogen and oxygen atoms in total. The number of carbonyl (C=O) groups is 1. The maximum Gasteiger partial charge on any atom is 0.356 e. The molecule has 1 heterocycles. The molecule has 0 radical (unpaired) electrons. The van der Waals surface area contributed by atoms with Gasteiger partial charge in [-0.2, -0.15) is 0 Å². The molecule has 110 valence electrons. The third kappa shape index (κ3) is 4.27. The van der Waals surface area contributed by atoms with Crippen LogP contribution < -0.4 is 5.32 Å². The Morgan fingerprint density at radius 3 is 2.71 bits per heavy atom. The van der Waals surface area contributed by atoms with Crippen molar-refractivity contribution in [2.24, 2.45) is 0 Å². The molecule has 2 rings (SSSR count). The predicted molar refractivity (Wildman–Crippen MR) is 78.8 cm³/mol. The number of nitrogens with one attached hydrogen (secondary N) is 1. The SMILES string of the molecule is COC(=O)c1cc(NC(C)Cc2ccc(F)cc2)ccn1. The van der Waals surface area contributed by atoms with Crippen molar-refractivity contribution in [1.82, 2.24) is 4.98 Å². The summed E-state index contributed by atoms with van der Waals surface area (Å²) in [5, 5.41) is 3.28. The van der Waals surface area contributed by atoms with E-state index in [-0.39, 0.29) is 17.6 Å². The van der Waals surface area contributed by atoms with Crippen molar-refractivity contribution in [3.63, 3.8) is 0 Å². The quantitative estimate of drug-likeness (QED) is 0.859. The number of hydrogen-bond acceptors (Lipinski definition) is 4. The van der Waals surface area contributed by atoms with E-state index in [1.807, 2.05) is 6.92 Å². The van der Waals surface area contributed by atoms with Gasteiger partial charge in [0.2, 0.25) is 0 Å². The first-order chi connectivity index (χ1) is 10.1. The Morgan fingerprint density at radius 1 is 1.33 bits per heavy atom. The molecule has 0 saturated carbocycles. The Morgan fingerprint density at radius 2 is 2.05 bits per heavy atom. The minimum Gasteiger partial charge on any atom is -0.464 e. The zero-order valence-corrected chi connectivity index (χ0v) is 12.0. The lowest BCUT2D eigenvalue weighted by molar-refractivity contribution is 0.0594. The second kappa shape index (κ2) is 6.83. The summed E-state index contributed by atoms with van der Waals surface area (Å²) in [4.78, 5) is 15.4. The average molecular weight is 288 g/mol. The Bertz CT molecular complexity index is 614. The van der Waals surface area contributed by atoms with Crippen LogP contribution in [-0.2, 0) is 11.2 Å². The molecule has 0 aliphatic carbocycles. The standard InChI is InChI=1S/C16H17FN2O2/c1-11(9-12-3-5-13(17)6-4-12)19-14-7-8-18-15(10-14)16(20)21-2/h3-8,10-11H,9H2,1-2H3,(H,18,19). The number of ether oxygens (including phenoxy) is 1. The summed E-state index contributed by atoms with van der Waals surface area (Å²) in [6.45, 7) is 2.02. The van der Waals surface area contributed by atoms with Gasteiger partial charge >= 0.3 is 5.97 Å². The van der Waals surface area contributed by atoms with E-state index in [1.54, 1.807) is 30.5 Å². The van der Waals surface area contributed by atoms with Gasteiger partial charge in [-0.15, -0.1) is 0 Å². The number of methoxy groups -OCH3 is 1. The molecule has 0 aliphatic rings. The molecule has 1 aromatic heterocycles. The number of nitrogens with zero attached hydrogens (tertiary/aromatic N) is 1. The van der Waals surface area contributed by atoms with Crippen molar-refractivity contribution in [3.8, 4) is 0 Å². The van der Waals surface area contributed by atoms with E-state index in [9.17, 15) is 9.18 Å². The van der Waals surface area contributed by atoms with E-state index >= 15 is 0 Å². The fourth-order valence-electron chi connectivity index (χ4n) is 2.05. The van der Waals surface area contributed by atoms with Crippen molar-refractivity contribution < 1.29 is 13.9 Å². The number of halogens is 1. The van der Waals surface area contributed by atoms with E-state index in [0.29, 0.717) is 0 Å². The molecule has 1 unspecified atom stereocenters. The highest BCUT2D eigenvalue weighted by Gasteiger charge is 2.09. The van der Waals surface area contributed by atoms with Gasteiger partial charge in [-0.3, -0.25) is 0 Å². The molecular weight excluding hydrogens is 271 g/mol. The van der Waals surface area contributed by atoms with Crippen molar-refractivity contribution in [3.05, 3.63) is 59.7 Å². The lowest BCUT2D eigenvalue weighted by atomic mass is 10.1. The van der Waals surface area contributed by atoms with Gasteiger partial charge in [0.1, 0.15) is 11.5 Å². The van der Waals surface area contributed by atoms with Crippen LogP contribution in [0.5, 0.6) is 0 Å². The van der Waals surface area contributed by atoms with Crippen LogP contribution in [0.25, 0.3) is 0 Å². The third-order valence-corrected chi connectivity index (χ3v) is 3.02. The zero-order chi connectivity index (χ0) is 15.2. The van der Waals surface area contributed by atoms with Crippen LogP contribution >= 0.6 is 0 Å². The maximum atomic E-state index is 12.9. The number of carbonyl (C=O) groups excluding carboxylic acids is 1. The largest absolute Gasteiger partial charge is 0.464 e. The van der Waals surface area contributed by atoms with E-state index in [0.717, 1.165) is 17.7 Å². The summed E-state index contributed by atoms with van der Waals surface area (Å²) < 4.78 is 17.5. The van der Waals surface area contributed by atoms with Gasteiger partial charge < -0.3 is 10.1 Å². The second-order valence-corrected chi connectivity index (χ2v) is 4.80. The van der Waals surface area contributed by atoms with E-state index in [2.05, 4.69) is 15.0 Å². The van der Waals surface area contributed by atoms with Crippen LogP contribution in [0.4, 0.5) is 10.1 Å². The molecule has 0 bridgehead atoms. The van der Waals surface area contributed by atoms with E-state index in [1.165, 1.54) is 19.2 Å². The predicted octanol–water partition coefficient (Wildman–Crippen LogP) is 3.05. The summed E-state index contributed by atoms with van der Waals surface area (Å²) in [5.74, 6) is -0.707. The minimum atomic E-state index is -0.468. The van der Waals surface area contributed by atoms with E-state index < -0.39 is 5.97 Å². The number of esters is 1. The van der Waals surface area contributed by atoms with Crippen LogP contribution in [0.2, 0.25) is 0 Å². The van der Waals surface area contributed by atoms with Gasteiger partial charge in [-0.25, -0.2) is 14.2 Å². The average Bonchev–Trinajstić information content (AvgIpc) is 2.49. The Labute approximate surface area is 123 Å². The van der Waals surface area contributed by atoms with Crippen molar-refractivity contribution >= 4 is 11.7 Å². The normalized spacial score (nSPS) is 11.8. The molecule has 0 spiro atoms. The summed E-state index contributed by atoms with van der Waals surface area (Å²) in [5.41, 5.74) is 2.09. The zero-order valence-electron chi connectivity index (χ0n) is 12.0. The Balaban J connectivity index is 2.00. The first-order valence-corrected chi connectivity index (χ1v) is 6.64. The molecule has 2 aromatic rings. The van der Waals surface area contributed by atoms with Gasteiger partial charge in [0.05, 0.1) is 7.11 Å². The molecule has 1 aromatic carbocycles. The first kappa shape index (κ1) is 15.0. The monoisotopic (exact) mass is 288 g/mol. The lowest BCUT2D eigenvalue weighted by Crippen LogP contribution is -2.18. The Kier molecular flexibility index (Phi) is 4.87. The molecule has 0 amide bonds. The summed E-state index contributed by atoms with van der Waals surface area (Å²) in [6, 6.07) is 9.98. The fourth-order valence-corrected chi connectivity index (χ4v) is 2.05. The highest BCUT2D eigenvalue weighted by atomic mass is 19.1. The fraction of sp³-hybridized carbons (Fsp3) is 0.250. The number of anilines is 1. The van der Waals surface area contributed by atoms with Crippen molar-refractivity contribution in [2.45, 2.75) is 19.4 Å². The van der Waals surface area contributed by atoms with Gasteiger partial charge in [-0.05, 0) is 43.2 Å². The van der Waals surface area contributed by atoms with Gasteiger partial charge in [0.25, 0.3) is 0 Å². The smallest absolute Gasteiger partial charge is 0.356 e. The highest BCUT2D eigenvalue weighted by Crippen LogP contribution is 2.13. The van der Waals surface area contributed by atoms with Crippen LogP contribution in [0.3, 0.4) is 0 Å². The number of benzene rings is 1. The molecular formula is C16H17FN2O2. The third-order valence-electron chi connectivity index (χ3n) is 3.02. The first-order valence-electron chi connectivity index (χ1n) is 6.64. The topological polar surface area (TPSA) is 51.2 Å². The second-order valence-electron chi connectivity index (χ2n) is 4.80. The van der Waals surface area contributed by atoms with Crippen LogP contribution in [-0.4, -0.2) is 24.1 Å². The highest BCUT2D eigenvalue weighted by molar-refractivity contribution is 5.88. The summed E-state index contributed by atoms with van der Waals surface area (Å²) >= 11 is 0. The molecule has 0 saturated heterocycles. The molecule has 1 N–H and O–H groups in total. The van der Waals surface area contributed by atoms with Crippen molar-refractivity contribution in [2.75, 3.05) is 12.4 Å².